The lowest BCUT2D eigenvalue weighted by molar-refractivity contribution is 0.146. The van der Waals surface area contributed by atoms with Crippen LogP contribution in [-0.4, -0.2) is 40.6 Å². The van der Waals surface area contributed by atoms with Crippen molar-refractivity contribution in [1.82, 2.24) is 8.69 Å². The summed E-state index contributed by atoms with van der Waals surface area (Å²) in [7, 11) is -7.68. The monoisotopic (exact) mass is 400 g/mol. The first-order valence-electron chi connectivity index (χ1n) is 8.28. The van der Waals surface area contributed by atoms with Crippen molar-refractivity contribution in [3.8, 4) is 0 Å². The Morgan fingerprint density at radius 2 is 1.73 bits per heavy atom. The first-order valence-corrected chi connectivity index (χ1v) is 11.2. The molecule has 0 aliphatic rings. The molecule has 0 aliphatic carbocycles. The molecule has 0 spiro atoms. The number of hydrogen-bond donors (Lipinski definition) is 1. The Hall–Kier alpha value is -1.68. The maximum absolute atomic E-state index is 12.9. The van der Waals surface area contributed by atoms with Gasteiger partial charge in [-0.2, -0.15) is 0 Å². The van der Waals surface area contributed by atoms with Gasteiger partial charge in [-0.05, 0) is 45.4 Å². The third-order valence-electron chi connectivity index (χ3n) is 3.85. The van der Waals surface area contributed by atoms with E-state index in [2.05, 4.69) is 4.72 Å². The van der Waals surface area contributed by atoms with Crippen molar-refractivity contribution >= 4 is 20.0 Å². The van der Waals surface area contributed by atoms with E-state index in [1.165, 1.54) is 25.1 Å². The fraction of sp³-hybridized carbons (Fsp3) is 0.412. The molecule has 1 heterocycles. The second-order valence-electron chi connectivity index (χ2n) is 5.77. The molecule has 0 aliphatic heterocycles. The molecule has 0 saturated heterocycles. The van der Waals surface area contributed by atoms with Gasteiger partial charge >= 0.3 is 0 Å². The molecule has 0 saturated carbocycles. The molecule has 2 rings (SSSR count). The summed E-state index contributed by atoms with van der Waals surface area (Å²) in [6, 6.07) is 9.30. The number of sulfonamides is 1. The highest BCUT2D eigenvalue weighted by Gasteiger charge is 2.27. The summed E-state index contributed by atoms with van der Waals surface area (Å²) in [5.74, 6) is 0. The smallest absolute Gasteiger partial charge is 0.268 e. The molecule has 26 heavy (non-hydrogen) atoms. The molecule has 0 fully saturated rings. The van der Waals surface area contributed by atoms with Crippen LogP contribution < -0.4 is 4.72 Å². The lowest BCUT2D eigenvalue weighted by atomic mass is 10.4. The van der Waals surface area contributed by atoms with Crippen molar-refractivity contribution in [2.45, 2.75) is 37.0 Å². The second kappa shape index (κ2) is 8.34. The van der Waals surface area contributed by atoms with Gasteiger partial charge in [0.05, 0.1) is 10.6 Å². The van der Waals surface area contributed by atoms with Crippen LogP contribution in [0.1, 0.15) is 24.7 Å². The van der Waals surface area contributed by atoms with E-state index in [1.54, 1.807) is 25.1 Å². The Morgan fingerprint density at radius 1 is 1.08 bits per heavy atom. The number of benzene rings is 1. The van der Waals surface area contributed by atoms with E-state index < -0.39 is 20.0 Å². The molecule has 0 unspecified atom stereocenters. The summed E-state index contributed by atoms with van der Waals surface area (Å²) in [4.78, 5) is 0.0707. The summed E-state index contributed by atoms with van der Waals surface area (Å²) in [6.07, 6.45) is 0.536. The van der Waals surface area contributed by atoms with Crippen LogP contribution in [0.4, 0.5) is 0 Å². The predicted octanol–water partition coefficient (Wildman–Crippen LogP) is 2.05. The number of rotatable bonds is 9. The normalized spacial score (nSPS) is 12.4. The molecule has 1 aromatic heterocycles. The van der Waals surface area contributed by atoms with Crippen molar-refractivity contribution in [1.29, 1.82) is 0 Å². The van der Waals surface area contributed by atoms with Gasteiger partial charge in [-0.25, -0.2) is 25.5 Å². The van der Waals surface area contributed by atoms with Gasteiger partial charge < -0.3 is 4.74 Å². The Balaban J connectivity index is 2.33. The highest BCUT2D eigenvalue weighted by molar-refractivity contribution is 7.90. The third kappa shape index (κ3) is 4.35. The van der Waals surface area contributed by atoms with Crippen LogP contribution >= 0.6 is 0 Å². The molecule has 0 atom stereocenters. The lowest BCUT2D eigenvalue weighted by Crippen LogP contribution is -2.26. The Kier molecular flexibility index (Phi) is 6.62. The maximum Gasteiger partial charge on any atom is 0.268 e. The Labute approximate surface area is 155 Å². The molecule has 0 radical (unpaired) electrons. The number of nitrogens with one attached hydrogen (secondary N) is 1. The minimum Gasteiger partial charge on any atom is -0.382 e. The Bertz CT molecular complexity index is 949. The molecule has 1 aromatic carbocycles. The molecule has 1 N–H and O–H groups in total. The van der Waals surface area contributed by atoms with Crippen molar-refractivity contribution in [2.24, 2.45) is 0 Å². The van der Waals surface area contributed by atoms with Crippen LogP contribution in [0.25, 0.3) is 0 Å². The van der Waals surface area contributed by atoms with E-state index in [0.29, 0.717) is 25.3 Å². The highest BCUT2D eigenvalue weighted by Crippen LogP contribution is 2.25. The van der Waals surface area contributed by atoms with E-state index >= 15 is 0 Å². The average Bonchev–Trinajstić information content (AvgIpc) is 2.91. The van der Waals surface area contributed by atoms with Crippen molar-refractivity contribution in [3.05, 3.63) is 47.8 Å². The van der Waals surface area contributed by atoms with Gasteiger partial charge in [-0.15, -0.1) is 0 Å². The fourth-order valence-electron chi connectivity index (χ4n) is 2.66. The van der Waals surface area contributed by atoms with Gasteiger partial charge in [0, 0.05) is 25.5 Å². The van der Waals surface area contributed by atoms with Gasteiger partial charge in [0.15, 0.2) is 0 Å². The maximum atomic E-state index is 12.9. The largest absolute Gasteiger partial charge is 0.382 e. The lowest BCUT2D eigenvalue weighted by Gasteiger charge is -2.11. The number of aromatic nitrogens is 1. The number of hydrogen-bond acceptors (Lipinski definition) is 5. The molecular formula is C17H24N2O5S2. The molecule has 9 heteroatoms. The van der Waals surface area contributed by atoms with Crippen LogP contribution in [0.15, 0.2) is 46.2 Å². The minimum absolute atomic E-state index is 0.0362. The van der Waals surface area contributed by atoms with Crippen LogP contribution in [0.2, 0.25) is 0 Å². The predicted molar refractivity (Wildman–Crippen MR) is 99.2 cm³/mol. The topological polar surface area (TPSA) is 94.5 Å². The van der Waals surface area contributed by atoms with Crippen LogP contribution in [-0.2, 0) is 24.8 Å². The zero-order chi connectivity index (χ0) is 19.4. The highest BCUT2D eigenvalue weighted by atomic mass is 32.2. The fourth-order valence-corrected chi connectivity index (χ4v) is 5.69. The number of ether oxygens (including phenoxy) is 1. The minimum atomic E-state index is -3.87. The average molecular weight is 401 g/mol. The second-order valence-corrected chi connectivity index (χ2v) is 9.29. The standard InChI is InChI=1S/C17H24N2O5S2/c1-4-24-12-8-11-18-25(20,21)17-13-14(2)19(15(17)3)26(22,23)16-9-6-5-7-10-16/h5-7,9-10,13,18H,4,8,11-12H2,1-3H3. The quantitative estimate of drug-likeness (QED) is 0.650. The van der Waals surface area contributed by atoms with Crippen LogP contribution in [0.3, 0.4) is 0 Å². The van der Waals surface area contributed by atoms with Gasteiger partial charge in [0.1, 0.15) is 4.90 Å². The van der Waals surface area contributed by atoms with Gasteiger partial charge in [-0.3, -0.25) is 0 Å². The zero-order valence-corrected chi connectivity index (χ0v) is 16.7. The van der Waals surface area contributed by atoms with E-state index in [9.17, 15) is 16.8 Å². The molecule has 2 aromatic rings. The van der Waals surface area contributed by atoms with Gasteiger partial charge in [0.25, 0.3) is 10.0 Å². The van der Waals surface area contributed by atoms with Crippen LogP contribution in [0, 0.1) is 13.8 Å². The van der Waals surface area contributed by atoms with Crippen molar-refractivity contribution in [2.75, 3.05) is 19.8 Å². The van der Waals surface area contributed by atoms with Gasteiger partial charge in [0.2, 0.25) is 10.0 Å². The summed E-state index contributed by atoms with van der Waals surface area (Å²) in [5, 5.41) is 0. The van der Waals surface area contributed by atoms with E-state index in [-0.39, 0.29) is 22.0 Å². The third-order valence-corrected chi connectivity index (χ3v) is 7.34. The number of nitrogens with zero attached hydrogens (tertiary/aromatic N) is 1. The van der Waals surface area contributed by atoms with E-state index in [1.807, 2.05) is 6.92 Å². The van der Waals surface area contributed by atoms with Crippen molar-refractivity contribution < 1.29 is 21.6 Å². The molecule has 144 valence electrons. The zero-order valence-electron chi connectivity index (χ0n) is 15.1. The van der Waals surface area contributed by atoms with Gasteiger partial charge in [-0.1, -0.05) is 18.2 Å². The summed E-state index contributed by atoms with van der Waals surface area (Å²) >= 11 is 0. The summed E-state index contributed by atoms with van der Waals surface area (Å²) < 4.78 is 59.6. The first-order chi connectivity index (χ1) is 12.2. The number of aryl methyl sites for hydroxylation is 1. The molecule has 0 amide bonds. The van der Waals surface area contributed by atoms with E-state index in [0.717, 1.165) is 3.97 Å². The first kappa shape index (κ1) is 20.6. The van der Waals surface area contributed by atoms with Crippen molar-refractivity contribution in [3.63, 3.8) is 0 Å². The molecular weight excluding hydrogens is 376 g/mol. The molecule has 0 bridgehead atoms. The summed E-state index contributed by atoms with van der Waals surface area (Å²) in [5.41, 5.74) is 0.490. The summed E-state index contributed by atoms with van der Waals surface area (Å²) in [6.45, 7) is 6.18. The van der Waals surface area contributed by atoms with E-state index in [4.69, 9.17) is 4.74 Å². The molecule has 7 nitrogen and oxygen atoms in total. The SMILES string of the molecule is CCOCCCNS(=O)(=O)c1cc(C)n(S(=O)(=O)c2ccccc2)c1C. The van der Waals surface area contributed by atoms with Crippen LogP contribution in [0.5, 0.6) is 0 Å². The Morgan fingerprint density at radius 3 is 2.35 bits per heavy atom.